The van der Waals surface area contributed by atoms with Crippen LogP contribution in [0.2, 0.25) is 0 Å². The van der Waals surface area contributed by atoms with Gasteiger partial charge in [-0.2, -0.15) is 12.6 Å². The first-order chi connectivity index (χ1) is 9.91. The smallest absolute Gasteiger partial charge is 0.0701 e. The molecule has 6 nitrogen and oxygen atoms in total. The largest absolute Gasteiger partial charge is 0.382 e. The highest BCUT2D eigenvalue weighted by Gasteiger charge is 1.93. The Balaban J connectivity index is 2.89. The minimum absolute atomic E-state index is 0.567. The van der Waals surface area contributed by atoms with E-state index in [1.807, 2.05) is 0 Å². The minimum Gasteiger partial charge on any atom is -0.382 e. The lowest BCUT2D eigenvalue weighted by atomic mass is 10.7. The lowest BCUT2D eigenvalue weighted by molar-refractivity contribution is -0.0139. The molecule has 0 amide bonds. The van der Waals surface area contributed by atoms with Crippen molar-refractivity contribution in [3.63, 3.8) is 0 Å². The lowest BCUT2D eigenvalue weighted by Gasteiger charge is -2.07. The molecule has 0 saturated carbocycles. The van der Waals surface area contributed by atoms with Crippen LogP contribution in [-0.4, -0.2) is 85.5 Å². The van der Waals surface area contributed by atoms with Crippen molar-refractivity contribution in [2.45, 2.75) is 0 Å². The van der Waals surface area contributed by atoms with Gasteiger partial charge in [0.2, 0.25) is 0 Å². The van der Waals surface area contributed by atoms with Crippen molar-refractivity contribution in [2.75, 3.05) is 85.5 Å². The van der Waals surface area contributed by atoms with E-state index in [9.17, 15) is 0 Å². The van der Waals surface area contributed by atoms with Crippen LogP contribution in [-0.2, 0) is 28.4 Å². The first-order valence-corrected chi connectivity index (χ1v) is 7.53. The van der Waals surface area contributed by atoms with Gasteiger partial charge in [-0.1, -0.05) is 0 Å². The van der Waals surface area contributed by atoms with E-state index in [1.165, 1.54) is 0 Å². The van der Waals surface area contributed by atoms with Gasteiger partial charge in [0.15, 0.2) is 0 Å². The fraction of sp³-hybridized carbons (Fsp3) is 1.00. The van der Waals surface area contributed by atoms with Crippen LogP contribution in [0.4, 0.5) is 0 Å². The third kappa shape index (κ3) is 18.1. The molecule has 0 fully saturated rings. The van der Waals surface area contributed by atoms with Crippen molar-refractivity contribution in [3.8, 4) is 0 Å². The first-order valence-electron chi connectivity index (χ1n) is 6.90. The highest BCUT2D eigenvalue weighted by atomic mass is 32.1. The summed E-state index contributed by atoms with van der Waals surface area (Å²) >= 11 is 4.04. The van der Waals surface area contributed by atoms with E-state index in [1.54, 1.807) is 7.11 Å². The summed E-state index contributed by atoms with van der Waals surface area (Å²) in [5.41, 5.74) is 0. The van der Waals surface area contributed by atoms with E-state index in [2.05, 4.69) is 12.6 Å². The quantitative estimate of drug-likeness (QED) is 0.314. The zero-order chi connectivity index (χ0) is 14.7. The van der Waals surface area contributed by atoms with Crippen molar-refractivity contribution in [1.82, 2.24) is 0 Å². The average Bonchev–Trinajstić information content (AvgIpc) is 2.47. The molecule has 0 N–H and O–H groups in total. The van der Waals surface area contributed by atoms with E-state index in [-0.39, 0.29) is 0 Å². The van der Waals surface area contributed by atoms with Crippen molar-refractivity contribution in [3.05, 3.63) is 0 Å². The average molecular weight is 312 g/mol. The van der Waals surface area contributed by atoms with Crippen LogP contribution in [0.1, 0.15) is 0 Å². The van der Waals surface area contributed by atoms with Crippen LogP contribution in [0.15, 0.2) is 0 Å². The monoisotopic (exact) mass is 312 g/mol. The summed E-state index contributed by atoms with van der Waals surface area (Å²) in [6.07, 6.45) is 0. The van der Waals surface area contributed by atoms with E-state index >= 15 is 0 Å². The van der Waals surface area contributed by atoms with E-state index in [0.717, 1.165) is 5.75 Å². The Hall–Kier alpha value is 0.110. The molecule has 0 radical (unpaired) electrons. The standard InChI is InChI=1S/C13H28O6S/c1-14-2-3-15-4-5-16-6-7-17-8-9-18-10-11-19-12-13-20/h20H,2-13H2,1H3. The fourth-order valence-corrected chi connectivity index (χ4v) is 1.32. The molecule has 0 aromatic rings. The van der Waals surface area contributed by atoms with Crippen molar-refractivity contribution in [1.29, 1.82) is 0 Å². The van der Waals surface area contributed by atoms with Gasteiger partial charge < -0.3 is 28.4 Å². The number of rotatable bonds is 17. The molecule has 0 aliphatic heterocycles. The van der Waals surface area contributed by atoms with Gasteiger partial charge in [0.05, 0.1) is 72.7 Å². The summed E-state index contributed by atoms with van der Waals surface area (Å²) in [5, 5.41) is 0. The molecule has 0 spiro atoms. The van der Waals surface area contributed by atoms with Gasteiger partial charge in [0, 0.05) is 12.9 Å². The second-order valence-corrected chi connectivity index (χ2v) is 4.23. The predicted molar refractivity (Wildman–Crippen MR) is 79.8 cm³/mol. The summed E-state index contributed by atoms with van der Waals surface area (Å²) in [6, 6.07) is 0. The zero-order valence-corrected chi connectivity index (χ0v) is 13.3. The highest BCUT2D eigenvalue weighted by molar-refractivity contribution is 7.80. The minimum atomic E-state index is 0.567. The summed E-state index contributed by atoms with van der Waals surface area (Å²) in [6.45, 7) is 6.51. The molecule has 0 aliphatic carbocycles. The molecule has 7 heteroatoms. The van der Waals surface area contributed by atoms with Crippen LogP contribution < -0.4 is 0 Å². The molecule has 0 saturated heterocycles. The lowest BCUT2D eigenvalue weighted by Crippen LogP contribution is -2.14. The fourth-order valence-electron chi connectivity index (χ4n) is 1.19. The maximum absolute atomic E-state index is 5.34. The topological polar surface area (TPSA) is 55.4 Å². The van der Waals surface area contributed by atoms with Gasteiger partial charge in [-0.15, -0.1) is 0 Å². The number of hydrogen-bond acceptors (Lipinski definition) is 7. The molecule has 0 atom stereocenters. The number of hydrogen-bond donors (Lipinski definition) is 1. The number of ether oxygens (including phenoxy) is 6. The van der Waals surface area contributed by atoms with E-state index in [4.69, 9.17) is 28.4 Å². The second-order valence-electron chi connectivity index (χ2n) is 3.78. The van der Waals surface area contributed by atoms with Crippen LogP contribution in [0, 0.1) is 0 Å². The van der Waals surface area contributed by atoms with Gasteiger partial charge in [-0.25, -0.2) is 0 Å². The van der Waals surface area contributed by atoms with Gasteiger partial charge in [0.1, 0.15) is 0 Å². The second kappa shape index (κ2) is 19.1. The Labute approximate surface area is 127 Å². The molecule has 0 heterocycles. The Bertz CT molecular complexity index is 155. The van der Waals surface area contributed by atoms with Gasteiger partial charge >= 0.3 is 0 Å². The van der Waals surface area contributed by atoms with Crippen molar-refractivity contribution in [2.24, 2.45) is 0 Å². The number of methoxy groups -OCH3 is 1. The SMILES string of the molecule is COCCOCCOCCOCCOCCOCCS. The Morgan fingerprint density at radius 1 is 0.500 bits per heavy atom. The molecule has 20 heavy (non-hydrogen) atoms. The predicted octanol–water partition coefficient (Wildman–Crippen LogP) is 0.646. The summed E-state index contributed by atoms with van der Waals surface area (Å²) < 4.78 is 31.3. The molecule has 0 aliphatic rings. The normalized spacial score (nSPS) is 11.1. The Kier molecular flexibility index (Phi) is 19.2. The Morgan fingerprint density at radius 2 is 0.800 bits per heavy atom. The van der Waals surface area contributed by atoms with Crippen LogP contribution in [0.25, 0.3) is 0 Å². The Morgan fingerprint density at radius 3 is 1.10 bits per heavy atom. The van der Waals surface area contributed by atoms with Crippen molar-refractivity contribution >= 4 is 12.6 Å². The van der Waals surface area contributed by atoms with Crippen LogP contribution >= 0.6 is 12.6 Å². The third-order valence-electron chi connectivity index (χ3n) is 2.16. The molecular weight excluding hydrogens is 284 g/mol. The third-order valence-corrected chi connectivity index (χ3v) is 2.34. The summed E-state index contributed by atoms with van der Waals surface area (Å²) in [4.78, 5) is 0. The van der Waals surface area contributed by atoms with Gasteiger partial charge in [-0.05, 0) is 0 Å². The first kappa shape index (κ1) is 20.1. The van der Waals surface area contributed by atoms with Crippen LogP contribution in [0.5, 0.6) is 0 Å². The van der Waals surface area contributed by atoms with Gasteiger partial charge in [-0.3, -0.25) is 0 Å². The molecule has 0 bridgehead atoms. The maximum atomic E-state index is 5.34. The van der Waals surface area contributed by atoms with Crippen molar-refractivity contribution < 1.29 is 28.4 Å². The molecular formula is C13H28O6S. The molecule has 0 aromatic carbocycles. The maximum Gasteiger partial charge on any atom is 0.0701 e. The van der Waals surface area contributed by atoms with E-state index in [0.29, 0.717) is 72.7 Å². The molecule has 0 rings (SSSR count). The molecule has 122 valence electrons. The molecule has 0 unspecified atom stereocenters. The van der Waals surface area contributed by atoms with Crippen LogP contribution in [0.3, 0.4) is 0 Å². The van der Waals surface area contributed by atoms with E-state index < -0.39 is 0 Å². The van der Waals surface area contributed by atoms with Gasteiger partial charge in [0.25, 0.3) is 0 Å². The zero-order valence-electron chi connectivity index (χ0n) is 12.4. The highest BCUT2D eigenvalue weighted by Crippen LogP contribution is 1.84. The summed E-state index contributed by atoms with van der Waals surface area (Å²) in [7, 11) is 1.65. The summed E-state index contributed by atoms with van der Waals surface area (Å²) in [5.74, 6) is 0.737. The number of thiol groups is 1. The molecule has 0 aromatic heterocycles.